The first-order valence-corrected chi connectivity index (χ1v) is 7.95. The smallest absolute Gasteiger partial charge is 0.119 e. The molecule has 0 amide bonds. The minimum absolute atomic E-state index is 0.171. The summed E-state index contributed by atoms with van der Waals surface area (Å²) in [6.07, 6.45) is 1.15. The van der Waals surface area contributed by atoms with Crippen LogP contribution in [0.4, 0.5) is 0 Å². The minimum atomic E-state index is 0.171. The fourth-order valence-electron chi connectivity index (χ4n) is 3.11. The second kappa shape index (κ2) is 6.56. The molecule has 1 nitrogen and oxygen atoms in total. The normalized spacial score (nSPS) is 12.2. The number of benzene rings is 2. The van der Waals surface area contributed by atoms with Crippen LogP contribution in [0.5, 0.6) is 5.75 Å². The molecule has 1 radical (unpaired) electrons. The Kier molecular flexibility index (Phi) is 4.95. The van der Waals surface area contributed by atoms with Crippen molar-refractivity contribution in [3.05, 3.63) is 65.7 Å². The number of rotatable bonds is 5. The van der Waals surface area contributed by atoms with E-state index in [-0.39, 0.29) is 5.41 Å². The molecule has 2 aromatic carbocycles. The molecule has 0 N–H and O–H groups in total. The summed E-state index contributed by atoms with van der Waals surface area (Å²) in [5.41, 5.74) is 2.92. The lowest BCUT2D eigenvalue weighted by atomic mass is 9.72. The zero-order chi connectivity index (χ0) is 16.2. The standard InChI is InChI=1S/C21H27O/c1-20(2,3)16-21(4,5)18-11-13-19(14-12-18)22-15-17-9-7-6-8-10-17/h6-9,11-14H,15-16H2,1-5H3. The average Bonchev–Trinajstić information content (AvgIpc) is 2.44. The van der Waals surface area contributed by atoms with Crippen LogP contribution in [0.2, 0.25) is 0 Å². The number of hydrogen-bond donors (Lipinski definition) is 0. The highest BCUT2D eigenvalue weighted by atomic mass is 16.5. The van der Waals surface area contributed by atoms with Crippen LogP contribution in [0.15, 0.2) is 48.5 Å². The number of ether oxygens (including phenoxy) is 1. The summed E-state index contributed by atoms with van der Waals surface area (Å²) in [5, 5.41) is 0. The van der Waals surface area contributed by atoms with Crippen molar-refractivity contribution in [3.63, 3.8) is 0 Å². The van der Waals surface area contributed by atoms with Gasteiger partial charge in [0, 0.05) is 0 Å². The largest absolute Gasteiger partial charge is 0.489 e. The Labute approximate surface area is 135 Å². The van der Waals surface area contributed by atoms with E-state index in [4.69, 9.17) is 4.74 Å². The van der Waals surface area contributed by atoms with Gasteiger partial charge in [0.15, 0.2) is 0 Å². The number of hydrogen-bond acceptors (Lipinski definition) is 1. The summed E-state index contributed by atoms with van der Waals surface area (Å²) >= 11 is 0. The van der Waals surface area contributed by atoms with Gasteiger partial charge >= 0.3 is 0 Å². The Bertz CT molecular complexity index is 574. The summed E-state index contributed by atoms with van der Waals surface area (Å²) in [6.45, 7) is 12.1. The van der Waals surface area contributed by atoms with Gasteiger partial charge in [-0.2, -0.15) is 0 Å². The van der Waals surface area contributed by atoms with Crippen LogP contribution in [-0.4, -0.2) is 0 Å². The topological polar surface area (TPSA) is 9.23 Å². The molecule has 0 aliphatic carbocycles. The van der Waals surface area contributed by atoms with Gasteiger partial charge in [0.1, 0.15) is 12.4 Å². The van der Waals surface area contributed by atoms with Crippen molar-refractivity contribution >= 4 is 0 Å². The van der Waals surface area contributed by atoms with E-state index in [2.05, 4.69) is 65.0 Å². The molecule has 2 rings (SSSR count). The molecule has 117 valence electrons. The van der Waals surface area contributed by atoms with Gasteiger partial charge in [-0.05, 0) is 46.6 Å². The average molecular weight is 295 g/mol. The maximum absolute atomic E-state index is 5.83. The molecule has 0 unspecified atom stereocenters. The second-order valence-corrected chi connectivity index (χ2v) is 7.82. The molecule has 0 saturated heterocycles. The van der Waals surface area contributed by atoms with E-state index in [0.717, 1.165) is 17.7 Å². The van der Waals surface area contributed by atoms with Gasteiger partial charge in [-0.3, -0.25) is 0 Å². The zero-order valence-electron chi connectivity index (χ0n) is 14.4. The van der Waals surface area contributed by atoms with Crippen molar-refractivity contribution in [1.82, 2.24) is 0 Å². The van der Waals surface area contributed by atoms with E-state index in [0.29, 0.717) is 12.0 Å². The predicted octanol–water partition coefficient (Wildman–Crippen LogP) is 5.78. The first kappa shape index (κ1) is 16.6. The van der Waals surface area contributed by atoms with Gasteiger partial charge in [-0.25, -0.2) is 0 Å². The van der Waals surface area contributed by atoms with Crippen LogP contribution in [-0.2, 0) is 12.0 Å². The summed E-state index contributed by atoms with van der Waals surface area (Å²) in [7, 11) is 0. The maximum atomic E-state index is 5.83. The van der Waals surface area contributed by atoms with Crippen molar-refractivity contribution in [3.8, 4) is 5.75 Å². The van der Waals surface area contributed by atoms with Crippen molar-refractivity contribution in [2.75, 3.05) is 0 Å². The molecule has 0 spiro atoms. The summed E-state index contributed by atoms with van der Waals surface area (Å²) in [5.74, 6) is 0.910. The van der Waals surface area contributed by atoms with Gasteiger partial charge in [-0.1, -0.05) is 71.0 Å². The van der Waals surface area contributed by atoms with Crippen LogP contribution in [0.1, 0.15) is 52.2 Å². The summed E-state index contributed by atoms with van der Waals surface area (Å²) < 4.78 is 5.83. The molecule has 0 heterocycles. The molecule has 0 atom stereocenters. The molecule has 0 bridgehead atoms. The maximum Gasteiger partial charge on any atom is 0.119 e. The molecule has 0 fully saturated rings. The van der Waals surface area contributed by atoms with E-state index in [1.54, 1.807) is 0 Å². The van der Waals surface area contributed by atoms with Gasteiger partial charge < -0.3 is 4.74 Å². The molecule has 0 aliphatic heterocycles. The fraction of sp³-hybridized carbons (Fsp3) is 0.429. The Morgan fingerprint density at radius 2 is 1.59 bits per heavy atom. The second-order valence-electron chi connectivity index (χ2n) is 7.82. The summed E-state index contributed by atoms with van der Waals surface area (Å²) in [4.78, 5) is 0. The van der Waals surface area contributed by atoms with Crippen molar-refractivity contribution in [2.24, 2.45) is 5.41 Å². The Hall–Kier alpha value is -1.76. The van der Waals surface area contributed by atoms with Crippen molar-refractivity contribution in [2.45, 2.75) is 53.1 Å². The van der Waals surface area contributed by atoms with E-state index >= 15 is 0 Å². The van der Waals surface area contributed by atoms with Crippen LogP contribution < -0.4 is 4.74 Å². The Morgan fingerprint density at radius 3 is 2.14 bits per heavy atom. The highest BCUT2D eigenvalue weighted by Gasteiger charge is 2.27. The van der Waals surface area contributed by atoms with Crippen LogP contribution in [0, 0.1) is 11.5 Å². The quantitative estimate of drug-likeness (QED) is 0.679. The molecule has 0 saturated carbocycles. The molecular formula is C21H27O. The van der Waals surface area contributed by atoms with Gasteiger partial charge in [0.05, 0.1) is 0 Å². The van der Waals surface area contributed by atoms with Crippen molar-refractivity contribution in [1.29, 1.82) is 0 Å². The molecular weight excluding hydrogens is 268 g/mol. The van der Waals surface area contributed by atoms with Gasteiger partial charge in [-0.15, -0.1) is 0 Å². The van der Waals surface area contributed by atoms with E-state index < -0.39 is 0 Å². The lowest BCUT2D eigenvalue weighted by Gasteiger charge is -2.33. The van der Waals surface area contributed by atoms with Crippen LogP contribution >= 0.6 is 0 Å². The molecule has 0 aliphatic rings. The first-order chi connectivity index (χ1) is 10.3. The third-order valence-electron chi connectivity index (χ3n) is 3.78. The molecule has 0 aromatic heterocycles. The van der Waals surface area contributed by atoms with Crippen LogP contribution in [0.25, 0.3) is 0 Å². The summed E-state index contributed by atoms with van der Waals surface area (Å²) in [6, 6.07) is 19.6. The Balaban J connectivity index is 2.01. The molecule has 1 heteroatoms. The third-order valence-corrected chi connectivity index (χ3v) is 3.78. The van der Waals surface area contributed by atoms with E-state index in [9.17, 15) is 0 Å². The predicted molar refractivity (Wildman–Crippen MR) is 93.2 cm³/mol. The van der Waals surface area contributed by atoms with Gasteiger partial charge in [0.2, 0.25) is 0 Å². The van der Waals surface area contributed by atoms with E-state index in [1.165, 1.54) is 5.56 Å². The highest BCUT2D eigenvalue weighted by Crippen LogP contribution is 2.36. The Morgan fingerprint density at radius 1 is 0.909 bits per heavy atom. The lowest BCUT2D eigenvalue weighted by Crippen LogP contribution is -2.24. The highest BCUT2D eigenvalue weighted by molar-refractivity contribution is 5.32. The minimum Gasteiger partial charge on any atom is -0.489 e. The molecule has 22 heavy (non-hydrogen) atoms. The lowest BCUT2D eigenvalue weighted by molar-refractivity contribution is 0.283. The first-order valence-electron chi connectivity index (χ1n) is 7.95. The monoisotopic (exact) mass is 295 g/mol. The van der Waals surface area contributed by atoms with E-state index in [1.807, 2.05) is 24.3 Å². The SMILES string of the molecule is CC(C)(C)CC(C)(C)c1ccc(OCc2[c]cccc2)cc1. The zero-order valence-corrected chi connectivity index (χ0v) is 14.4. The third kappa shape index (κ3) is 4.91. The fourth-order valence-corrected chi connectivity index (χ4v) is 3.11. The van der Waals surface area contributed by atoms with Gasteiger partial charge in [0.25, 0.3) is 0 Å². The van der Waals surface area contributed by atoms with Crippen LogP contribution in [0.3, 0.4) is 0 Å². The van der Waals surface area contributed by atoms with Crippen molar-refractivity contribution < 1.29 is 4.74 Å². The molecule has 2 aromatic rings.